The summed E-state index contributed by atoms with van der Waals surface area (Å²) in [7, 11) is -3.57. The Balaban J connectivity index is 1.40. The average Bonchev–Trinajstić information content (AvgIpc) is 3.32. The average molecular weight is 456 g/mol. The van der Waals surface area contributed by atoms with E-state index < -0.39 is 10.0 Å². The van der Waals surface area contributed by atoms with E-state index in [2.05, 4.69) is 34.5 Å². The number of carbonyl (C=O) groups excluding carboxylic acids is 1. The van der Waals surface area contributed by atoms with Gasteiger partial charge in [-0.15, -0.1) is 0 Å². The fourth-order valence-corrected chi connectivity index (χ4v) is 6.04. The smallest absolute Gasteiger partial charge is 0.251 e. The van der Waals surface area contributed by atoms with Crippen molar-refractivity contribution in [3.05, 3.63) is 64.7 Å². The Hall–Kier alpha value is -2.22. The van der Waals surface area contributed by atoms with Crippen LogP contribution in [0.5, 0.6) is 0 Å². The number of hydrogen-bond donors (Lipinski definition) is 1. The molecule has 0 atom stereocenters. The number of hydrogen-bond acceptors (Lipinski definition) is 4. The van der Waals surface area contributed by atoms with Crippen molar-refractivity contribution in [3.63, 3.8) is 0 Å². The van der Waals surface area contributed by atoms with Crippen molar-refractivity contribution < 1.29 is 13.2 Å². The van der Waals surface area contributed by atoms with Gasteiger partial charge in [0.05, 0.1) is 4.90 Å². The van der Waals surface area contributed by atoms with Gasteiger partial charge in [-0.05, 0) is 74.5 Å². The van der Waals surface area contributed by atoms with E-state index in [9.17, 15) is 13.2 Å². The lowest BCUT2D eigenvalue weighted by molar-refractivity contribution is 0.0950. The highest BCUT2D eigenvalue weighted by Crippen LogP contribution is 2.23. The monoisotopic (exact) mass is 455 g/mol. The predicted molar refractivity (Wildman–Crippen MR) is 126 cm³/mol. The highest BCUT2D eigenvalue weighted by atomic mass is 32.2. The molecule has 6 nitrogen and oxygen atoms in total. The van der Waals surface area contributed by atoms with Crippen LogP contribution >= 0.6 is 0 Å². The summed E-state index contributed by atoms with van der Waals surface area (Å²) in [6, 6.07) is 13.2. The normalized spacial score (nSPS) is 18.0. The third-order valence-electron chi connectivity index (χ3n) is 6.49. The molecule has 0 saturated carbocycles. The minimum Gasteiger partial charge on any atom is -0.348 e. The van der Waals surface area contributed by atoms with Crippen LogP contribution in [0.25, 0.3) is 0 Å². The Morgan fingerprint density at radius 1 is 0.875 bits per heavy atom. The van der Waals surface area contributed by atoms with E-state index in [0.29, 0.717) is 25.2 Å². The number of benzene rings is 2. The molecular formula is C25H33N3O3S. The zero-order valence-electron chi connectivity index (χ0n) is 18.8. The van der Waals surface area contributed by atoms with Crippen molar-refractivity contribution >= 4 is 15.9 Å². The Morgan fingerprint density at radius 2 is 1.50 bits per heavy atom. The van der Waals surface area contributed by atoms with E-state index in [4.69, 9.17) is 0 Å². The molecule has 2 fully saturated rings. The maximum absolute atomic E-state index is 13.0. The molecule has 0 aromatic heterocycles. The van der Waals surface area contributed by atoms with Crippen LogP contribution in [0.4, 0.5) is 0 Å². The van der Waals surface area contributed by atoms with Gasteiger partial charge in [0.25, 0.3) is 5.91 Å². The fraction of sp³-hybridized carbons (Fsp3) is 0.480. The molecule has 2 aliphatic rings. The van der Waals surface area contributed by atoms with Crippen molar-refractivity contribution in [1.29, 1.82) is 0 Å². The van der Waals surface area contributed by atoms with Crippen LogP contribution in [-0.2, 0) is 23.1 Å². The molecule has 2 saturated heterocycles. The van der Waals surface area contributed by atoms with E-state index in [1.165, 1.54) is 41.9 Å². The number of aryl methyl sites for hydroxylation is 1. The first-order chi connectivity index (χ1) is 15.4. The number of nitrogens with one attached hydrogen (secondary N) is 1. The number of likely N-dealkylation sites (tertiary alicyclic amines) is 1. The quantitative estimate of drug-likeness (QED) is 0.691. The number of rotatable bonds is 7. The third-order valence-corrected chi connectivity index (χ3v) is 8.38. The summed E-state index contributed by atoms with van der Waals surface area (Å²) in [5.41, 5.74) is 3.49. The lowest BCUT2D eigenvalue weighted by atomic mass is 10.1. The second-order valence-electron chi connectivity index (χ2n) is 8.92. The van der Waals surface area contributed by atoms with Crippen LogP contribution < -0.4 is 5.32 Å². The van der Waals surface area contributed by atoms with Crippen LogP contribution in [0.15, 0.2) is 47.4 Å². The standard InChI is InChI=1S/C25H33N3O3S/c1-20-7-12-23(32(30,31)28-15-3-2-4-16-28)17-24(20)25(29)26-18-21-8-10-22(11-9-21)19-27-13-5-6-14-27/h7-12,17H,2-6,13-16,18-19H2,1H3,(H,26,29). The number of carbonyl (C=O) groups is 1. The summed E-state index contributed by atoms with van der Waals surface area (Å²) in [5, 5.41) is 2.95. The van der Waals surface area contributed by atoms with Gasteiger partial charge in [-0.3, -0.25) is 9.69 Å². The molecule has 7 heteroatoms. The van der Waals surface area contributed by atoms with E-state index in [-0.39, 0.29) is 10.8 Å². The van der Waals surface area contributed by atoms with Gasteiger partial charge in [0.15, 0.2) is 0 Å². The van der Waals surface area contributed by atoms with E-state index in [0.717, 1.165) is 36.9 Å². The number of nitrogens with zero attached hydrogens (tertiary/aromatic N) is 2. The van der Waals surface area contributed by atoms with Gasteiger partial charge in [-0.25, -0.2) is 8.42 Å². The molecule has 0 radical (unpaired) electrons. The van der Waals surface area contributed by atoms with Gasteiger partial charge < -0.3 is 5.32 Å². The Labute approximate surface area is 191 Å². The first-order valence-corrected chi connectivity index (χ1v) is 13.1. The molecule has 2 heterocycles. The lowest BCUT2D eigenvalue weighted by Gasteiger charge is -2.26. The highest BCUT2D eigenvalue weighted by molar-refractivity contribution is 7.89. The predicted octanol–water partition coefficient (Wildman–Crippen LogP) is 3.70. The topological polar surface area (TPSA) is 69.7 Å². The minimum atomic E-state index is -3.57. The summed E-state index contributed by atoms with van der Waals surface area (Å²) < 4.78 is 27.5. The van der Waals surface area contributed by atoms with Crippen LogP contribution in [0, 0.1) is 6.92 Å². The molecule has 32 heavy (non-hydrogen) atoms. The van der Waals surface area contributed by atoms with Gasteiger partial charge in [-0.2, -0.15) is 4.31 Å². The molecule has 172 valence electrons. The van der Waals surface area contributed by atoms with E-state index in [1.807, 2.05) is 6.92 Å². The molecular weight excluding hydrogens is 422 g/mol. The van der Waals surface area contributed by atoms with Gasteiger partial charge in [-0.1, -0.05) is 36.8 Å². The van der Waals surface area contributed by atoms with Crippen molar-refractivity contribution in [2.75, 3.05) is 26.2 Å². The molecule has 2 aromatic rings. The van der Waals surface area contributed by atoms with Gasteiger partial charge in [0, 0.05) is 31.7 Å². The van der Waals surface area contributed by atoms with Crippen LogP contribution in [0.2, 0.25) is 0 Å². The summed E-state index contributed by atoms with van der Waals surface area (Å²) >= 11 is 0. The second kappa shape index (κ2) is 10.1. The van der Waals surface area contributed by atoms with Crippen molar-refractivity contribution in [3.8, 4) is 0 Å². The molecule has 0 spiro atoms. The first kappa shape index (κ1) is 23.0. The van der Waals surface area contributed by atoms with Crippen LogP contribution in [0.1, 0.15) is 59.2 Å². The van der Waals surface area contributed by atoms with Gasteiger partial charge in [0.1, 0.15) is 0 Å². The molecule has 0 bridgehead atoms. The number of piperidine rings is 1. The maximum Gasteiger partial charge on any atom is 0.251 e. The summed E-state index contributed by atoms with van der Waals surface area (Å²) in [6.07, 6.45) is 5.39. The molecule has 2 aliphatic heterocycles. The maximum atomic E-state index is 13.0. The fourth-order valence-electron chi connectivity index (χ4n) is 4.50. The Bertz CT molecular complexity index is 1040. The zero-order chi connectivity index (χ0) is 22.6. The van der Waals surface area contributed by atoms with Gasteiger partial charge >= 0.3 is 0 Å². The second-order valence-corrected chi connectivity index (χ2v) is 10.9. The van der Waals surface area contributed by atoms with Crippen molar-refractivity contribution in [1.82, 2.24) is 14.5 Å². The summed E-state index contributed by atoms with van der Waals surface area (Å²) in [5.74, 6) is -0.251. The molecule has 1 N–H and O–H groups in total. The Morgan fingerprint density at radius 3 is 2.19 bits per heavy atom. The number of amides is 1. The first-order valence-electron chi connectivity index (χ1n) is 11.6. The number of sulfonamides is 1. The van der Waals surface area contributed by atoms with E-state index >= 15 is 0 Å². The molecule has 0 aliphatic carbocycles. The molecule has 0 unspecified atom stereocenters. The summed E-state index contributed by atoms with van der Waals surface area (Å²) in [4.78, 5) is 15.5. The third kappa shape index (κ3) is 5.39. The highest BCUT2D eigenvalue weighted by Gasteiger charge is 2.27. The molecule has 1 amide bonds. The largest absolute Gasteiger partial charge is 0.348 e. The minimum absolute atomic E-state index is 0.196. The van der Waals surface area contributed by atoms with Crippen LogP contribution in [-0.4, -0.2) is 49.7 Å². The lowest BCUT2D eigenvalue weighted by Crippen LogP contribution is -2.35. The van der Waals surface area contributed by atoms with Crippen molar-refractivity contribution in [2.24, 2.45) is 0 Å². The van der Waals surface area contributed by atoms with E-state index in [1.54, 1.807) is 12.1 Å². The SMILES string of the molecule is Cc1ccc(S(=O)(=O)N2CCCCC2)cc1C(=O)NCc1ccc(CN2CCCC2)cc1. The summed E-state index contributed by atoms with van der Waals surface area (Å²) in [6.45, 7) is 6.65. The van der Waals surface area contributed by atoms with Crippen LogP contribution in [0.3, 0.4) is 0 Å². The Kier molecular flexibility index (Phi) is 7.28. The zero-order valence-corrected chi connectivity index (χ0v) is 19.7. The van der Waals surface area contributed by atoms with Gasteiger partial charge in [0.2, 0.25) is 10.0 Å². The molecule has 4 rings (SSSR count). The molecule has 2 aromatic carbocycles. The van der Waals surface area contributed by atoms with Crippen molar-refractivity contribution in [2.45, 2.75) is 57.0 Å².